The molecule has 1 aliphatic rings. The third-order valence-electron chi connectivity index (χ3n) is 2.89. The number of nitrogens with one attached hydrogen (secondary N) is 1. The lowest BCUT2D eigenvalue weighted by Crippen LogP contribution is -2.38. The summed E-state index contributed by atoms with van der Waals surface area (Å²) in [7, 11) is 0. The van der Waals surface area contributed by atoms with Gasteiger partial charge < -0.3 is 0 Å². The van der Waals surface area contributed by atoms with Crippen molar-refractivity contribution >= 4 is 11.8 Å². The van der Waals surface area contributed by atoms with Gasteiger partial charge in [0, 0.05) is 43.9 Å². The number of aromatic amines is 1. The van der Waals surface area contributed by atoms with Crippen LogP contribution in [-0.2, 0) is 6.54 Å². The van der Waals surface area contributed by atoms with Gasteiger partial charge in [-0.25, -0.2) is 4.79 Å². The number of nitriles is 1. The van der Waals surface area contributed by atoms with E-state index in [4.69, 9.17) is 5.26 Å². The molecule has 0 aromatic carbocycles. The minimum absolute atomic E-state index is 0.0243. The molecule has 0 atom stereocenters. The van der Waals surface area contributed by atoms with E-state index in [0.29, 0.717) is 6.54 Å². The van der Waals surface area contributed by atoms with Crippen molar-refractivity contribution < 1.29 is 0 Å². The van der Waals surface area contributed by atoms with E-state index in [1.165, 1.54) is 10.8 Å². The summed E-state index contributed by atoms with van der Waals surface area (Å²) >= 11 is 1.93. The van der Waals surface area contributed by atoms with E-state index in [-0.39, 0.29) is 5.56 Å². The first-order chi connectivity index (χ1) is 8.70. The zero-order valence-corrected chi connectivity index (χ0v) is 10.7. The van der Waals surface area contributed by atoms with Crippen LogP contribution in [0.5, 0.6) is 0 Å². The monoisotopic (exact) mass is 266 g/mol. The molecule has 2 rings (SSSR count). The largest absolute Gasteiger partial charge is 0.328 e. The topological polar surface area (TPSA) is 81.9 Å². The highest BCUT2D eigenvalue weighted by atomic mass is 32.2. The fraction of sp³-hybridized carbons (Fsp3) is 0.545. The molecule has 0 radical (unpaired) electrons. The lowest BCUT2D eigenvalue weighted by atomic mass is 10.3. The van der Waals surface area contributed by atoms with Gasteiger partial charge in [-0.2, -0.15) is 17.0 Å². The number of nitrogens with zero attached hydrogens (tertiary/aromatic N) is 3. The Morgan fingerprint density at radius 1 is 1.33 bits per heavy atom. The van der Waals surface area contributed by atoms with Crippen LogP contribution in [0.1, 0.15) is 5.56 Å². The molecule has 0 saturated carbocycles. The molecule has 0 unspecified atom stereocenters. The summed E-state index contributed by atoms with van der Waals surface area (Å²) < 4.78 is 1.39. The number of hydrogen-bond acceptors (Lipinski definition) is 5. The Bertz CT molecular complexity index is 566. The minimum Gasteiger partial charge on any atom is -0.300 e. The Balaban J connectivity index is 2.07. The number of thioether (sulfide) groups is 1. The van der Waals surface area contributed by atoms with Crippen LogP contribution in [-0.4, -0.2) is 45.6 Å². The van der Waals surface area contributed by atoms with Crippen molar-refractivity contribution in [1.29, 1.82) is 5.26 Å². The van der Waals surface area contributed by atoms with Gasteiger partial charge in [-0.05, 0) is 0 Å². The van der Waals surface area contributed by atoms with E-state index >= 15 is 0 Å². The normalized spacial score (nSPS) is 16.4. The lowest BCUT2D eigenvalue weighted by Gasteiger charge is -2.26. The van der Waals surface area contributed by atoms with Crippen LogP contribution in [0.25, 0.3) is 0 Å². The molecular weight excluding hydrogens is 252 g/mol. The van der Waals surface area contributed by atoms with Gasteiger partial charge in [0.15, 0.2) is 0 Å². The molecule has 1 fully saturated rings. The zero-order chi connectivity index (χ0) is 13.0. The van der Waals surface area contributed by atoms with Gasteiger partial charge in [0.2, 0.25) is 0 Å². The molecule has 18 heavy (non-hydrogen) atoms. The third-order valence-corrected chi connectivity index (χ3v) is 3.83. The van der Waals surface area contributed by atoms with Crippen molar-refractivity contribution in [3.05, 3.63) is 32.6 Å². The van der Waals surface area contributed by atoms with Crippen molar-refractivity contribution in [3.8, 4) is 6.07 Å². The Hall–Kier alpha value is -1.52. The highest BCUT2D eigenvalue weighted by molar-refractivity contribution is 7.99. The first-order valence-corrected chi connectivity index (χ1v) is 6.90. The summed E-state index contributed by atoms with van der Waals surface area (Å²) in [6, 6.07) is 1.78. The quantitative estimate of drug-likeness (QED) is 0.794. The highest BCUT2D eigenvalue weighted by Crippen LogP contribution is 2.08. The molecule has 1 aromatic rings. The van der Waals surface area contributed by atoms with Crippen molar-refractivity contribution in [2.75, 3.05) is 31.1 Å². The summed E-state index contributed by atoms with van der Waals surface area (Å²) in [6.45, 7) is 3.30. The van der Waals surface area contributed by atoms with Crippen LogP contribution in [0.4, 0.5) is 0 Å². The second-order valence-corrected chi connectivity index (χ2v) is 5.29. The highest BCUT2D eigenvalue weighted by Gasteiger charge is 2.11. The summed E-state index contributed by atoms with van der Waals surface area (Å²) in [6.07, 6.45) is 1.33. The van der Waals surface area contributed by atoms with E-state index in [2.05, 4.69) is 9.88 Å². The van der Waals surface area contributed by atoms with Gasteiger partial charge in [-0.3, -0.25) is 19.2 Å². The number of hydrogen-bond donors (Lipinski definition) is 1. The molecule has 0 bridgehead atoms. The number of rotatable bonds is 3. The van der Waals surface area contributed by atoms with Crippen molar-refractivity contribution in [2.45, 2.75) is 6.54 Å². The molecular formula is C11H14N4O2S. The van der Waals surface area contributed by atoms with E-state index in [0.717, 1.165) is 31.1 Å². The van der Waals surface area contributed by atoms with Crippen LogP contribution in [0.2, 0.25) is 0 Å². The summed E-state index contributed by atoms with van der Waals surface area (Å²) in [5.41, 5.74) is -1.10. The third kappa shape index (κ3) is 3.03. The van der Waals surface area contributed by atoms with Crippen LogP contribution in [0.3, 0.4) is 0 Å². The van der Waals surface area contributed by atoms with Crippen LogP contribution < -0.4 is 11.2 Å². The summed E-state index contributed by atoms with van der Waals surface area (Å²) in [5, 5.41) is 8.75. The fourth-order valence-corrected chi connectivity index (χ4v) is 2.81. The van der Waals surface area contributed by atoms with Crippen molar-refractivity contribution in [3.63, 3.8) is 0 Å². The van der Waals surface area contributed by atoms with Crippen LogP contribution >= 0.6 is 11.8 Å². The van der Waals surface area contributed by atoms with Gasteiger partial charge in [0.25, 0.3) is 5.56 Å². The first kappa shape index (κ1) is 12.9. The maximum absolute atomic E-state index is 11.6. The van der Waals surface area contributed by atoms with Crippen LogP contribution in [0.15, 0.2) is 15.8 Å². The van der Waals surface area contributed by atoms with Crippen LogP contribution in [0, 0.1) is 11.3 Å². The Morgan fingerprint density at radius 2 is 2.06 bits per heavy atom. The molecule has 1 saturated heterocycles. The van der Waals surface area contributed by atoms with E-state index in [1.54, 1.807) is 6.07 Å². The molecule has 7 heteroatoms. The maximum Gasteiger partial charge on any atom is 0.328 e. The van der Waals surface area contributed by atoms with Gasteiger partial charge in [0.05, 0.1) is 0 Å². The average molecular weight is 266 g/mol. The number of H-pyrrole nitrogens is 1. The second kappa shape index (κ2) is 5.89. The second-order valence-electron chi connectivity index (χ2n) is 4.06. The minimum atomic E-state index is -0.617. The maximum atomic E-state index is 11.6. The fourth-order valence-electron chi connectivity index (χ4n) is 1.83. The molecule has 1 aromatic heterocycles. The molecule has 6 nitrogen and oxygen atoms in total. The van der Waals surface area contributed by atoms with Crippen molar-refractivity contribution in [1.82, 2.24) is 14.5 Å². The van der Waals surface area contributed by atoms with Gasteiger partial charge in [-0.1, -0.05) is 0 Å². The SMILES string of the molecule is N#Cc1cn(CCN2CCSCC2)c(=O)[nH]c1=O. The molecule has 1 N–H and O–H groups in total. The Labute approximate surface area is 108 Å². The average Bonchev–Trinajstić information content (AvgIpc) is 2.39. The molecule has 0 aliphatic carbocycles. The molecule has 1 aliphatic heterocycles. The van der Waals surface area contributed by atoms with Crippen molar-refractivity contribution in [2.24, 2.45) is 0 Å². The van der Waals surface area contributed by atoms with Gasteiger partial charge in [0.1, 0.15) is 11.6 Å². The molecule has 0 amide bonds. The Morgan fingerprint density at radius 3 is 2.72 bits per heavy atom. The standard InChI is InChI=1S/C11H14N4O2S/c12-7-9-8-15(11(17)13-10(9)16)2-1-14-3-5-18-6-4-14/h8H,1-6H2,(H,13,16,17). The summed E-state index contributed by atoms with van der Waals surface area (Å²) in [5.74, 6) is 2.23. The zero-order valence-electron chi connectivity index (χ0n) is 9.89. The van der Waals surface area contributed by atoms with Gasteiger partial charge in [-0.15, -0.1) is 0 Å². The molecule has 0 spiro atoms. The van der Waals surface area contributed by atoms with E-state index in [9.17, 15) is 9.59 Å². The predicted molar refractivity (Wildman–Crippen MR) is 69.8 cm³/mol. The van der Waals surface area contributed by atoms with E-state index < -0.39 is 11.2 Å². The molecule has 96 valence electrons. The van der Waals surface area contributed by atoms with Gasteiger partial charge >= 0.3 is 5.69 Å². The smallest absolute Gasteiger partial charge is 0.300 e. The lowest BCUT2D eigenvalue weighted by molar-refractivity contribution is 0.287. The summed E-state index contributed by atoms with van der Waals surface area (Å²) in [4.78, 5) is 27.2. The first-order valence-electron chi connectivity index (χ1n) is 5.74. The predicted octanol–water partition coefficient (Wildman–Crippen LogP) is -0.543. The Kier molecular flexibility index (Phi) is 4.23. The molecule has 2 heterocycles. The number of aromatic nitrogens is 2. The van der Waals surface area contributed by atoms with E-state index in [1.807, 2.05) is 11.8 Å².